The molecule has 4 heterocycles. The van der Waals surface area contributed by atoms with Crippen molar-refractivity contribution in [1.29, 1.82) is 0 Å². The molecule has 52 heavy (non-hydrogen) atoms. The normalized spacial score (nSPS) is 20.2. The van der Waals surface area contributed by atoms with E-state index in [-0.39, 0.29) is 41.1 Å². The largest absolute Gasteiger partial charge is 0.493 e. The van der Waals surface area contributed by atoms with Crippen LogP contribution in [0.5, 0.6) is 11.5 Å². The molecule has 274 valence electrons. The van der Waals surface area contributed by atoms with Crippen LogP contribution in [0.15, 0.2) is 59.3 Å². The Labute approximate surface area is 302 Å². The smallest absolute Gasteiger partial charge is 0.293 e. The first-order chi connectivity index (χ1) is 24.9. The number of carbonyl (C=O) groups excluding carboxylic acids is 4. The first-order valence-electron chi connectivity index (χ1n) is 17.5. The van der Waals surface area contributed by atoms with E-state index in [1.165, 1.54) is 24.3 Å². The molecule has 0 radical (unpaired) electrons. The molecule has 6 rings (SSSR count). The third-order valence-corrected chi connectivity index (χ3v) is 9.67. The number of nitrogens with one attached hydrogen (secondary N) is 2. The molecule has 2 aliphatic rings. The summed E-state index contributed by atoms with van der Waals surface area (Å²) in [5.41, 5.74) is 3.98. The Morgan fingerprint density at radius 3 is 2.48 bits per heavy atom. The lowest BCUT2D eigenvalue weighted by molar-refractivity contribution is -0.140. The van der Waals surface area contributed by atoms with Gasteiger partial charge in [0.15, 0.2) is 17.6 Å². The van der Waals surface area contributed by atoms with E-state index >= 15 is 0 Å². The fourth-order valence-corrected chi connectivity index (χ4v) is 6.58. The lowest BCUT2D eigenvalue weighted by Gasteiger charge is -2.39. The SMILES string of the molecule is COc1ccc2cc1O[C@H](C(=O)N1CCN(c3cc(C)ccc3C)CC1)[C@H](C)NC(=O)CN(C(=O)c1onc3ncccc13)C[C@H](C(C)C)NC2=O. The number of hydrogen-bond acceptors (Lipinski definition) is 10. The summed E-state index contributed by atoms with van der Waals surface area (Å²) in [5.74, 6) is -1.57. The van der Waals surface area contributed by atoms with E-state index in [0.717, 1.165) is 16.8 Å². The van der Waals surface area contributed by atoms with Crippen molar-refractivity contribution in [3.05, 3.63) is 77.2 Å². The molecule has 0 spiro atoms. The summed E-state index contributed by atoms with van der Waals surface area (Å²) in [6.45, 7) is 11.3. The molecule has 2 N–H and O–H groups in total. The average Bonchev–Trinajstić information content (AvgIpc) is 3.57. The maximum Gasteiger partial charge on any atom is 0.293 e. The molecular weight excluding hydrogens is 666 g/mol. The molecule has 3 atom stereocenters. The number of aromatic nitrogens is 2. The van der Waals surface area contributed by atoms with Crippen LogP contribution in [0.4, 0.5) is 5.69 Å². The van der Waals surface area contributed by atoms with Crippen LogP contribution in [0, 0.1) is 19.8 Å². The van der Waals surface area contributed by atoms with Gasteiger partial charge in [-0.2, -0.15) is 0 Å². The fraction of sp³-hybridized carbons (Fsp3) is 0.421. The molecule has 2 aromatic heterocycles. The Balaban J connectivity index is 1.31. The van der Waals surface area contributed by atoms with Gasteiger partial charge in [0.05, 0.1) is 18.5 Å². The molecule has 0 saturated carbocycles. The zero-order valence-electron chi connectivity index (χ0n) is 30.3. The molecule has 14 nitrogen and oxygen atoms in total. The standard InChI is InChI=1S/C38H45N7O7/c1-22(2)28-20-45(38(49)34-27-8-7-13-39-35(27)42-52-34)21-32(46)40-25(5)33(51-31-19-26(36(47)41-28)11-12-30(31)50-6)37(48)44-16-14-43(15-17-44)29-18-23(3)9-10-24(29)4/h7-13,18-19,22,25,28,33H,14-17,20-21H2,1-6H3,(H,40,46)(H,41,47)/t25-,28+,33-/m0/s1. The molecule has 1 fully saturated rings. The number of anilines is 1. The van der Waals surface area contributed by atoms with Gasteiger partial charge in [0, 0.05) is 56.2 Å². The van der Waals surface area contributed by atoms with Crippen LogP contribution in [0.25, 0.3) is 11.0 Å². The van der Waals surface area contributed by atoms with Crippen molar-refractivity contribution in [1.82, 2.24) is 30.6 Å². The minimum Gasteiger partial charge on any atom is -0.493 e. The molecule has 2 bridgehead atoms. The fourth-order valence-electron chi connectivity index (χ4n) is 6.58. The summed E-state index contributed by atoms with van der Waals surface area (Å²) in [6, 6.07) is 13.0. The van der Waals surface area contributed by atoms with Crippen molar-refractivity contribution in [2.45, 2.75) is 52.8 Å². The Hall–Kier alpha value is -5.66. The lowest BCUT2D eigenvalue weighted by atomic mass is 10.0. The maximum atomic E-state index is 14.3. The minimum absolute atomic E-state index is 0.0148. The summed E-state index contributed by atoms with van der Waals surface area (Å²) >= 11 is 0. The van der Waals surface area contributed by atoms with Gasteiger partial charge >= 0.3 is 0 Å². The van der Waals surface area contributed by atoms with Gasteiger partial charge in [-0.1, -0.05) is 31.1 Å². The molecule has 2 aromatic carbocycles. The van der Waals surface area contributed by atoms with Gasteiger partial charge in [-0.3, -0.25) is 19.2 Å². The van der Waals surface area contributed by atoms with E-state index in [9.17, 15) is 19.2 Å². The predicted octanol–water partition coefficient (Wildman–Crippen LogP) is 3.36. The quantitative estimate of drug-likeness (QED) is 0.315. The molecule has 4 aromatic rings. The Kier molecular flexibility index (Phi) is 10.6. The Morgan fingerprint density at radius 1 is 0.981 bits per heavy atom. The second-order valence-corrected chi connectivity index (χ2v) is 13.8. The molecule has 4 amide bonds. The summed E-state index contributed by atoms with van der Waals surface area (Å²) < 4.78 is 17.4. The number of piperazine rings is 1. The number of methoxy groups -OCH3 is 1. The third-order valence-electron chi connectivity index (χ3n) is 9.67. The van der Waals surface area contributed by atoms with Crippen molar-refractivity contribution in [2.24, 2.45) is 5.92 Å². The van der Waals surface area contributed by atoms with E-state index in [1.54, 1.807) is 36.1 Å². The number of pyridine rings is 1. The van der Waals surface area contributed by atoms with Crippen molar-refractivity contribution in [3.63, 3.8) is 0 Å². The van der Waals surface area contributed by atoms with E-state index in [2.05, 4.69) is 57.7 Å². The molecular formula is C38H45N7O7. The third kappa shape index (κ3) is 7.65. The van der Waals surface area contributed by atoms with Crippen LogP contribution >= 0.6 is 0 Å². The second-order valence-electron chi connectivity index (χ2n) is 13.8. The van der Waals surface area contributed by atoms with Crippen molar-refractivity contribution in [3.8, 4) is 11.5 Å². The highest BCUT2D eigenvalue weighted by Gasteiger charge is 2.37. The van der Waals surface area contributed by atoms with Crippen LogP contribution in [-0.4, -0.2) is 108 Å². The number of fused-ring (bicyclic) bond motifs is 3. The van der Waals surface area contributed by atoms with Crippen LogP contribution in [0.3, 0.4) is 0 Å². The zero-order valence-corrected chi connectivity index (χ0v) is 30.3. The van der Waals surface area contributed by atoms with Crippen molar-refractivity contribution in [2.75, 3.05) is 51.3 Å². The number of rotatable bonds is 5. The number of carbonyl (C=O) groups is 4. The summed E-state index contributed by atoms with van der Waals surface area (Å²) in [5, 5.41) is 10.2. The van der Waals surface area contributed by atoms with Gasteiger partial charge in [0.2, 0.25) is 17.3 Å². The molecule has 14 heteroatoms. The lowest BCUT2D eigenvalue weighted by Crippen LogP contribution is -2.58. The topological polar surface area (TPSA) is 159 Å². The first kappa shape index (κ1) is 36.1. The number of aryl methyl sites for hydroxylation is 2. The van der Waals surface area contributed by atoms with Gasteiger partial charge < -0.3 is 39.3 Å². The second kappa shape index (κ2) is 15.3. The summed E-state index contributed by atoms with van der Waals surface area (Å²) in [4.78, 5) is 65.3. The number of amides is 4. The number of benzene rings is 2. The molecule has 2 aliphatic heterocycles. The monoisotopic (exact) mass is 711 g/mol. The van der Waals surface area contributed by atoms with Crippen LogP contribution < -0.4 is 25.0 Å². The maximum absolute atomic E-state index is 14.3. The van der Waals surface area contributed by atoms with E-state index in [0.29, 0.717) is 37.3 Å². The summed E-state index contributed by atoms with van der Waals surface area (Å²) in [7, 11) is 1.48. The van der Waals surface area contributed by atoms with Crippen LogP contribution in [0.1, 0.15) is 52.8 Å². The van der Waals surface area contributed by atoms with Gasteiger partial charge in [0.1, 0.15) is 6.54 Å². The van der Waals surface area contributed by atoms with Gasteiger partial charge in [-0.25, -0.2) is 4.98 Å². The highest BCUT2D eigenvalue weighted by atomic mass is 16.5. The van der Waals surface area contributed by atoms with Crippen LogP contribution in [-0.2, 0) is 9.59 Å². The number of hydrogen-bond donors (Lipinski definition) is 2. The summed E-state index contributed by atoms with van der Waals surface area (Å²) in [6.07, 6.45) is 0.346. The van der Waals surface area contributed by atoms with Gasteiger partial charge in [0.25, 0.3) is 17.7 Å². The van der Waals surface area contributed by atoms with Gasteiger partial charge in [-0.05, 0) is 74.2 Å². The van der Waals surface area contributed by atoms with Crippen molar-refractivity contribution < 1.29 is 33.2 Å². The molecule has 0 aliphatic carbocycles. The van der Waals surface area contributed by atoms with Crippen LogP contribution in [0.2, 0.25) is 0 Å². The zero-order chi connectivity index (χ0) is 37.1. The Morgan fingerprint density at radius 2 is 1.75 bits per heavy atom. The Bertz CT molecular complexity index is 1970. The molecule has 1 saturated heterocycles. The molecule has 0 unspecified atom stereocenters. The number of ether oxygens (including phenoxy) is 2. The van der Waals surface area contributed by atoms with Gasteiger partial charge in [-0.15, -0.1) is 0 Å². The van der Waals surface area contributed by atoms with E-state index in [1.807, 2.05) is 13.8 Å². The van der Waals surface area contributed by atoms with E-state index < -0.39 is 42.5 Å². The highest BCUT2D eigenvalue weighted by molar-refractivity contribution is 6.04. The van der Waals surface area contributed by atoms with Crippen molar-refractivity contribution >= 4 is 40.3 Å². The predicted molar refractivity (Wildman–Crippen MR) is 194 cm³/mol. The highest BCUT2D eigenvalue weighted by Crippen LogP contribution is 2.31. The first-order valence-corrected chi connectivity index (χ1v) is 17.5. The van der Waals surface area contributed by atoms with E-state index in [4.69, 9.17) is 14.0 Å². The average molecular weight is 712 g/mol. The minimum atomic E-state index is -1.19. The number of nitrogens with zero attached hydrogens (tertiary/aromatic N) is 5.